The van der Waals surface area contributed by atoms with Gasteiger partial charge in [0.05, 0.1) is 5.54 Å². The third kappa shape index (κ3) is 2.20. The Kier molecular flexibility index (Phi) is 3.55. The first-order valence-corrected chi connectivity index (χ1v) is 6.63. The summed E-state index contributed by atoms with van der Waals surface area (Å²) in [5.41, 5.74) is 6.85. The molecular weight excluding hydrogens is 264 g/mol. The standard InChI is InChI=1S/C14H14N2S.ClH/c1-14(9-17-13(15)16-14)12-7-6-10-4-2-3-5-11(10)8-12;/h2-8H,9H2,1H3,(H2,15,16);1H. The van der Waals surface area contributed by atoms with E-state index in [0.717, 1.165) is 5.75 Å². The summed E-state index contributed by atoms with van der Waals surface area (Å²) in [7, 11) is 0. The second kappa shape index (κ2) is 4.82. The van der Waals surface area contributed by atoms with Crippen LogP contribution in [-0.4, -0.2) is 10.9 Å². The molecule has 3 rings (SSSR count). The highest BCUT2D eigenvalue weighted by Crippen LogP contribution is 2.36. The maximum absolute atomic E-state index is 5.77. The molecule has 1 atom stereocenters. The quantitative estimate of drug-likeness (QED) is 0.866. The third-order valence-corrected chi connectivity index (χ3v) is 4.32. The van der Waals surface area contributed by atoms with Crippen molar-refractivity contribution in [2.24, 2.45) is 10.7 Å². The van der Waals surface area contributed by atoms with E-state index in [4.69, 9.17) is 5.73 Å². The summed E-state index contributed by atoms with van der Waals surface area (Å²) in [6, 6.07) is 14.9. The van der Waals surface area contributed by atoms with Crippen molar-refractivity contribution in [2.45, 2.75) is 12.5 Å². The Balaban J connectivity index is 0.00000120. The normalized spacial score (nSPS) is 22.6. The molecule has 2 aromatic carbocycles. The predicted octanol–water partition coefficient (Wildman–Crippen LogP) is 3.54. The number of fused-ring (bicyclic) bond motifs is 1. The summed E-state index contributed by atoms with van der Waals surface area (Å²) < 4.78 is 0. The number of hydrogen-bond acceptors (Lipinski definition) is 3. The molecule has 0 saturated heterocycles. The Morgan fingerprint density at radius 2 is 1.89 bits per heavy atom. The first-order valence-electron chi connectivity index (χ1n) is 5.65. The smallest absolute Gasteiger partial charge is 0.154 e. The molecule has 0 spiro atoms. The van der Waals surface area contributed by atoms with Crippen LogP contribution < -0.4 is 5.73 Å². The summed E-state index contributed by atoms with van der Waals surface area (Å²) in [6.45, 7) is 2.14. The van der Waals surface area contributed by atoms with Gasteiger partial charge in [-0.05, 0) is 29.3 Å². The molecule has 94 valence electrons. The summed E-state index contributed by atoms with van der Waals surface area (Å²) in [5.74, 6) is 0.928. The molecule has 2 nitrogen and oxygen atoms in total. The minimum absolute atomic E-state index is 0. The fourth-order valence-electron chi connectivity index (χ4n) is 2.19. The summed E-state index contributed by atoms with van der Waals surface area (Å²) in [6.07, 6.45) is 0. The van der Waals surface area contributed by atoms with E-state index in [2.05, 4.69) is 54.4 Å². The van der Waals surface area contributed by atoms with Gasteiger partial charge in [-0.15, -0.1) is 12.4 Å². The van der Waals surface area contributed by atoms with Crippen LogP contribution in [0.1, 0.15) is 12.5 Å². The van der Waals surface area contributed by atoms with Gasteiger partial charge in [0.1, 0.15) is 0 Å². The molecule has 1 unspecified atom stereocenters. The van der Waals surface area contributed by atoms with E-state index >= 15 is 0 Å². The van der Waals surface area contributed by atoms with Crippen LogP contribution in [0.2, 0.25) is 0 Å². The predicted molar refractivity (Wildman–Crippen MR) is 82.6 cm³/mol. The molecule has 18 heavy (non-hydrogen) atoms. The summed E-state index contributed by atoms with van der Waals surface area (Å²) in [5, 5.41) is 3.22. The Morgan fingerprint density at radius 1 is 1.17 bits per heavy atom. The zero-order valence-electron chi connectivity index (χ0n) is 10.1. The molecular formula is C14H15ClN2S. The van der Waals surface area contributed by atoms with Gasteiger partial charge in [-0.3, -0.25) is 4.99 Å². The van der Waals surface area contributed by atoms with E-state index in [9.17, 15) is 0 Å². The first kappa shape index (κ1) is 13.2. The lowest BCUT2D eigenvalue weighted by molar-refractivity contribution is 0.580. The van der Waals surface area contributed by atoms with Crippen molar-refractivity contribution in [2.75, 3.05) is 5.75 Å². The van der Waals surface area contributed by atoms with E-state index in [-0.39, 0.29) is 17.9 Å². The van der Waals surface area contributed by atoms with E-state index < -0.39 is 0 Å². The molecule has 0 amide bonds. The molecule has 1 heterocycles. The van der Waals surface area contributed by atoms with Gasteiger partial charge in [0.2, 0.25) is 0 Å². The van der Waals surface area contributed by atoms with Crippen LogP contribution in [0, 0.1) is 0 Å². The van der Waals surface area contributed by atoms with Crippen molar-refractivity contribution in [3.8, 4) is 0 Å². The number of amidine groups is 1. The fraction of sp³-hybridized carbons (Fsp3) is 0.214. The minimum atomic E-state index is -0.168. The van der Waals surface area contributed by atoms with Crippen molar-refractivity contribution < 1.29 is 0 Å². The van der Waals surface area contributed by atoms with Gasteiger partial charge in [0, 0.05) is 5.75 Å². The molecule has 0 fully saturated rings. The molecule has 0 aromatic heterocycles. The maximum Gasteiger partial charge on any atom is 0.154 e. The van der Waals surface area contributed by atoms with Crippen molar-refractivity contribution in [3.63, 3.8) is 0 Å². The molecule has 0 bridgehead atoms. The number of nitrogens with two attached hydrogens (primary N) is 1. The SMILES string of the molecule is CC1(c2ccc3ccccc3c2)CSC(N)=N1.Cl. The van der Waals surface area contributed by atoms with Gasteiger partial charge >= 0.3 is 0 Å². The van der Waals surface area contributed by atoms with Gasteiger partial charge in [-0.25, -0.2) is 0 Å². The highest BCUT2D eigenvalue weighted by molar-refractivity contribution is 8.14. The van der Waals surface area contributed by atoms with Crippen LogP contribution in [0.25, 0.3) is 10.8 Å². The molecule has 0 radical (unpaired) electrons. The largest absolute Gasteiger partial charge is 0.379 e. The van der Waals surface area contributed by atoms with Crippen LogP contribution in [0.4, 0.5) is 0 Å². The fourth-order valence-corrected chi connectivity index (χ4v) is 3.12. The van der Waals surface area contributed by atoms with E-state index in [1.807, 2.05) is 0 Å². The Bertz CT molecular complexity index is 612. The second-order valence-electron chi connectivity index (χ2n) is 4.57. The summed E-state index contributed by atoms with van der Waals surface area (Å²) in [4.78, 5) is 4.55. The third-order valence-electron chi connectivity index (χ3n) is 3.23. The first-order chi connectivity index (χ1) is 8.17. The molecule has 2 aromatic rings. The minimum Gasteiger partial charge on any atom is -0.379 e. The van der Waals surface area contributed by atoms with Crippen molar-refractivity contribution in [1.29, 1.82) is 0 Å². The number of benzene rings is 2. The monoisotopic (exact) mass is 278 g/mol. The maximum atomic E-state index is 5.77. The van der Waals surface area contributed by atoms with E-state index in [1.165, 1.54) is 16.3 Å². The zero-order chi connectivity index (χ0) is 11.9. The summed E-state index contributed by atoms with van der Waals surface area (Å²) >= 11 is 1.63. The number of nitrogens with zero attached hydrogens (tertiary/aromatic N) is 1. The van der Waals surface area contributed by atoms with Crippen LogP contribution in [0.15, 0.2) is 47.5 Å². The average Bonchev–Trinajstić information content (AvgIpc) is 2.70. The van der Waals surface area contributed by atoms with Gasteiger partial charge in [0.15, 0.2) is 5.17 Å². The van der Waals surface area contributed by atoms with Crippen LogP contribution in [-0.2, 0) is 5.54 Å². The average molecular weight is 279 g/mol. The lowest BCUT2D eigenvalue weighted by atomic mass is 9.93. The van der Waals surface area contributed by atoms with E-state index in [1.54, 1.807) is 11.8 Å². The van der Waals surface area contributed by atoms with Crippen LogP contribution >= 0.6 is 24.2 Å². The van der Waals surface area contributed by atoms with Crippen molar-refractivity contribution in [3.05, 3.63) is 48.0 Å². The highest BCUT2D eigenvalue weighted by atomic mass is 35.5. The van der Waals surface area contributed by atoms with Crippen LogP contribution in [0.5, 0.6) is 0 Å². The lowest BCUT2D eigenvalue weighted by Crippen LogP contribution is -2.19. The van der Waals surface area contributed by atoms with Gasteiger partial charge in [-0.2, -0.15) is 0 Å². The topological polar surface area (TPSA) is 38.4 Å². The van der Waals surface area contributed by atoms with Crippen molar-refractivity contribution >= 4 is 40.1 Å². The highest BCUT2D eigenvalue weighted by Gasteiger charge is 2.31. The molecule has 1 aliphatic rings. The van der Waals surface area contributed by atoms with Crippen molar-refractivity contribution in [1.82, 2.24) is 0 Å². The molecule has 2 N–H and O–H groups in total. The van der Waals surface area contributed by atoms with E-state index in [0.29, 0.717) is 5.17 Å². The Morgan fingerprint density at radius 3 is 2.56 bits per heavy atom. The molecule has 4 heteroatoms. The number of halogens is 1. The van der Waals surface area contributed by atoms with Gasteiger partial charge in [-0.1, -0.05) is 48.2 Å². The molecule has 1 aliphatic heterocycles. The van der Waals surface area contributed by atoms with Gasteiger partial charge < -0.3 is 5.73 Å². The van der Waals surface area contributed by atoms with Crippen LogP contribution in [0.3, 0.4) is 0 Å². The number of aliphatic imine (C=N–C) groups is 1. The number of thioether (sulfide) groups is 1. The molecule has 0 saturated carbocycles. The Hall–Kier alpha value is -1.19. The second-order valence-corrected chi connectivity index (χ2v) is 5.57. The molecule has 0 aliphatic carbocycles. The Labute approximate surface area is 117 Å². The van der Waals surface area contributed by atoms with Gasteiger partial charge in [0.25, 0.3) is 0 Å². The number of rotatable bonds is 1. The lowest BCUT2D eigenvalue weighted by Gasteiger charge is -2.20. The zero-order valence-corrected chi connectivity index (χ0v) is 11.7. The number of hydrogen-bond donors (Lipinski definition) is 1.